The monoisotopic (exact) mass is 193 g/mol. The summed E-state index contributed by atoms with van der Waals surface area (Å²) >= 11 is 0. The van der Waals surface area contributed by atoms with Gasteiger partial charge in [-0.15, -0.1) is 0 Å². The van der Waals surface area contributed by atoms with Crippen molar-refractivity contribution in [2.24, 2.45) is 5.73 Å². The Balaban J connectivity index is 2.48. The second-order valence-electron chi connectivity index (χ2n) is 2.63. The highest BCUT2D eigenvalue weighted by atomic mass is 16.4. The normalized spacial score (nSPS) is 9.43. The van der Waals surface area contributed by atoms with Gasteiger partial charge in [-0.1, -0.05) is 0 Å². The number of hydrogen-bond donors (Lipinski definition) is 2. The minimum Gasteiger partial charge on any atom is -0.455 e. The van der Waals surface area contributed by atoms with Gasteiger partial charge in [0.1, 0.15) is 5.76 Å². The van der Waals surface area contributed by atoms with Crippen LogP contribution in [0, 0.1) is 11.3 Å². The van der Waals surface area contributed by atoms with Crippen LogP contribution in [0.25, 0.3) is 0 Å². The molecule has 5 heteroatoms. The number of nitrogens with two attached hydrogens (primary N) is 1. The average molecular weight is 193 g/mol. The third kappa shape index (κ3) is 2.61. The topological polar surface area (TPSA) is 92.0 Å². The Morgan fingerprint density at radius 1 is 1.64 bits per heavy atom. The molecule has 0 saturated carbocycles. The van der Waals surface area contributed by atoms with Gasteiger partial charge in [-0.05, 0) is 12.1 Å². The molecule has 0 bridgehead atoms. The molecule has 14 heavy (non-hydrogen) atoms. The van der Waals surface area contributed by atoms with Gasteiger partial charge in [-0.25, -0.2) is 0 Å². The Labute approximate surface area is 81.5 Å². The van der Waals surface area contributed by atoms with E-state index in [9.17, 15) is 4.79 Å². The van der Waals surface area contributed by atoms with Gasteiger partial charge in [0.15, 0.2) is 5.76 Å². The van der Waals surface area contributed by atoms with Crippen molar-refractivity contribution in [3.8, 4) is 6.07 Å². The molecule has 0 radical (unpaired) electrons. The van der Waals surface area contributed by atoms with Crippen LogP contribution in [0.5, 0.6) is 0 Å². The third-order valence-electron chi connectivity index (χ3n) is 1.61. The highest BCUT2D eigenvalue weighted by Gasteiger charge is 2.09. The summed E-state index contributed by atoms with van der Waals surface area (Å²) in [7, 11) is 0. The highest BCUT2D eigenvalue weighted by Crippen LogP contribution is 2.06. The fraction of sp³-hybridized carbons (Fsp3) is 0.333. The molecule has 0 spiro atoms. The molecule has 5 nitrogen and oxygen atoms in total. The molecule has 1 aromatic rings. The lowest BCUT2D eigenvalue weighted by molar-refractivity contribution is 0.0925. The van der Waals surface area contributed by atoms with Gasteiger partial charge < -0.3 is 15.5 Å². The average Bonchev–Trinajstić information content (AvgIpc) is 2.66. The standard InChI is InChI=1S/C9H11N3O2/c10-4-1-5-12-9(13)8-3-2-7(6-11)14-8/h2-3H,1,5-6,11H2,(H,12,13). The maximum atomic E-state index is 11.3. The van der Waals surface area contributed by atoms with Crippen molar-refractivity contribution >= 4 is 5.91 Å². The number of nitrogens with zero attached hydrogens (tertiary/aromatic N) is 1. The number of furan rings is 1. The van der Waals surface area contributed by atoms with Crippen molar-refractivity contribution in [2.45, 2.75) is 13.0 Å². The van der Waals surface area contributed by atoms with Crippen LogP contribution in [0.2, 0.25) is 0 Å². The molecule has 0 aliphatic carbocycles. The van der Waals surface area contributed by atoms with Gasteiger partial charge >= 0.3 is 0 Å². The van der Waals surface area contributed by atoms with E-state index in [1.165, 1.54) is 0 Å². The maximum Gasteiger partial charge on any atom is 0.287 e. The minimum absolute atomic E-state index is 0.225. The number of hydrogen-bond acceptors (Lipinski definition) is 4. The number of amides is 1. The summed E-state index contributed by atoms with van der Waals surface area (Å²) in [4.78, 5) is 11.3. The lowest BCUT2D eigenvalue weighted by Crippen LogP contribution is -2.23. The van der Waals surface area contributed by atoms with Crippen molar-refractivity contribution in [3.63, 3.8) is 0 Å². The van der Waals surface area contributed by atoms with Crippen molar-refractivity contribution < 1.29 is 9.21 Å². The molecule has 1 aromatic heterocycles. The number of carbonyl (C=O) groups excluding carboxylic acids is 1. The highest BCUT2D eigenvalue weighted by molar-refractivity contribution is 5.91. The van der Waals surface area contributed by atoms with Gasteiger partial charge in [-0.3, -0.25) is 4.79 Å². The van der Waals surface area contributed by atoms with Crippen LogP contribution in [0.4, 0.5) is 0 Å². The molecule has 0 fully saturated rings. The van der Waals surface area contributed by atoms with E-state index in [0.29, 0.717) is 12.3 Å². The second kappa shape index (κ2) is 5.04. The van der Waals surface area contributed by atoms with Crippen molar-refractivity contribution in [1.29, 1.82) is 5.26 Å². The van der Waals surface area contributed by atoms with Crippen molar-refractivity contribution in [2.75, 3.05) is 6.54 Å². The van der Waals surface area contributed by atoms with Gasteiger partial charge in [0.2, 0.25) is 0 Å². The van der Waals surface area contributed by atoms with E-state index < -0.39 is 0 Å². The SMILES string of the molecule is N#CCCNC(=O)c1ccc(CN)o1. The van der Waals surface area contributed by atoms with Crippen molar-refractivity contribution in [3.05, 3.63) is 23.7 Å². The minimum atomic E-state index is -0.319. The fourth-order valence-electron chi connectivity index (χ4n) is 0.929. The largest absolute Gasteiger partial charge is 0.455 e. The predicted octanol–water partition coefficient (Wildman–Crippen LogP) is 0.382. The summed E-state index contributed by atoms with van der Waals surface area (Å²) in [5, 5.41) is 10.8. The summed E-state index contributed by atoms with van der Waals surface area (Å²) in [6, 6.07) is 5.14. The number of rotatable bonds is 4. The summed E-state index contributed by atoms with van der Waals surface area (Å²) in [6.45, 7) is 0.597. The van der Waals surface area contributed by atoms with E-state index >= 15 is 0 Å². The first-order valence-electron chi connectivity index (χ1n) is 4.22. The molecule has 0 atom stereocenters. The Morgan fingerprint density at radius 3 is 3.00 bits per heavy atom. The summed E-state index contributed by atoms with van der Waals surface area (Å²) in [5.41, 5.74) is 5.32. The number of nitrogens with one attached hydrogen (secondary N) is 1. The molecule has 3 N–H and O–H groups in total. The lowest BCUT2D eigenvalue weighted by Gasteiger charge is -1.98. The summed E-state index contributed by atoms with van der Waals surface area (Å²) in [5.74, 6) is 0.471. The Hall–Kier alpha value is -1.80. The van der Waals surface area contributed by atoms with Crippen LogP contribution < -0.4 is 11.1 Å². The fourth-order valence-corrected chi connectivity index (χ4v) is 0.929. The van der Waals surface area contributed by atoms with Crippen molar-refractivity contribution in [1.82, 2.24) is 5.32 Å². The van der Waals surface area contributed by atoms with E-state index in [4.69, 9.17) is 15.4 Å². The molecule has 1 heterocycles. The van der Waals surface area contributed by atoms with Crippen LogP contribution in [0.1, 0.15) is 22.7 Å². The molecule has 0 aliphatic heterocycles. The van der Waals surface area contributed by atoms with Gasteiger partial charge in [0.05, 0.1) is 19.0 Å². The molecular formula is C9H11N3O2. The zero-order valence-electron chi connectivity index (χ0n) is 7.62. The van der Waals surface area contributed by atoms with Gasteiger partial charge in [0, 0.05) is 6.54 Å². The van der Waals surface area contributed by atoms with E-state index in [-0.39, 0.29) is 24.6 Å². The first kappa shape index (κ1) is 10.3. The van der Waals surface area contributed by atoms with Crippen LogP contribution in [-0.4, -0.2) is 12.5 Å². The van der Waals surface area contributed by atoms with Crippen LogP contribution in [-0.2, 0) is 6.54 Å². The first-order valence-corrected chi connectivity index (χ1v) is 4.22. The quantitative estimate of drug-likeness (QED) is 0.676. The molecule has 74 valence electrons. The Bertz CT molecular complexity index is 351. The van der Waals surface area contributed by atoms with Crippen LogP contribution in [0.3, 0.4) is 0 Å². The Kier molecular flexibility index (Phi) is 3.70. The third-order valence-corrected chi connectivity index (χ3v) is 1.61. The zero-order valence-corrected chi connectivity index (χ0v) is 7.62. The number of nitriles is 1. The van der Waals surface area contributed by atoms with E-state index in [1.54, 1.807) is 12.1 Å². The molecule has 0 unspecified atom stereocenters. The van der Waals surface area contributed by atoms with Crippen LogP contribution in [0.15, 0.2) is 16.5 Å². The molecule has 1 amide bonds. The second-order valence-corrected chi connectivity index (χ2v) is 2.63. The Morgan fingerprint density at radius 2 is 2.43 bits per heavy atom. The van der Waals surface area contributed by atoms with Crippen LogP contribution >= 0.6 is 0 Å². The molecule has 0 aromatic carbocycles. The first-order chi connectivity index (χ1) is 6.77. The number of carbonyl (C=O) groups is 1. The molecule has 1 rings (SSSR count). The smallest absolute Gasteiger partial charge is 0.287 e. The van der Waals surface area contributed by atoms with E-state index in [2.05, 4.69) is 5.32 Å². The van der Waals surface area contributed by atoms with E-state index in [0.717, 1.165) is 0 Å². The molecular weight excluding hydrogens is 182 g/mol. The maximum absolute atomic E-state index is 11.3. The summed E-state index contributed by atoms with van der Waals surface area (Å²) in [6.07, 6.45) is 0.288. The molecule has 0 aliphatic rings. The predicted molar refractivity (Wildman–Crippen MR) is 49.2 cm³/mol. The lowest BCUT2D eigenvalue weighted by atomic mass is 10.4. The zero-order chi connectivity index (χ0) is 10.4. The summed E-state index contributed by atoms with van der Waals surface area (Å²) < 4.78 is 5.11. The van der Waals surface area contributed by atoms with Gasteiger partial charge in [-0.2, -0.15) is 5.26 Å². The van der Waals surface area contributed by atoms with Gasteiger partial charge in [0.25, 0.3) is 5.91 Å². The molecule has 0 saturated heterocycles. The van der Waals surface area contributed by atoms with E-state index in [1.807, 2.05) is 6.07 Å².